The second-order valence-corrected chi connectivity index (χ2v) is 5.50. The minimum Gasteiger partial charge on any atom is -0.341 e. The first kappa shape index (κ1) is 16.4. The molecule has 22 heavy (non-hydrogen) atoms. The second-order valence-electron chi connectivity index (χ2n) is 5.50. The maximum Gasteiger partial charge on any atom is 0.248 e. The van der Waals surface area contributed by atoms with Crippen LogP contribution in [0.1, 0.15) is 38.5 Å². The van der Waals surface area contributed by atoms with Gasteiger partial charge in [-0.2, -0.15) is 0 Å². The number of rotatable bonds is 6. The lowest BCUT2D eigenvalue weighted by molar-refractivity contribution is -0.132. The van der Waals surface area contributed by atoms with Crippen molar-refractivity contribution in [3.8, 4) is 0 Å². The van der Waals surface area contributed by atoms with E-state index in [1.807, 2.05) is 4.90 Å². The molecule has 122 valence electrons. The first-order chi connectivity index (χ1) is 10.7. The van der Waals surface area contributed by atoms with Crippen molar-refractivity contribution in [3.05, 3.63) is 6.33 Å². The van der Waals surface area contributed by atoms with Crippen LogP contribution in [0.25, 0.3) is 0 Å². The Morgan fingerprint density at radius 2 is 1.95 bits per heavy atom. The van der Waals surface area contributed by atoms with Gasteiger partial charge in [0.15, 0.2) is 0 Å². The Hall–Kier alpha value is -1.96. The van der Waals surface area contributed by atoms with E-state index >= 15 is 0 Å². The lowest BCUT2D eigenvalue weighted by Crippen LogP contribution is -2.34. The van der Waals surface area contributed by atoms with Gasteiger partial charge < -0.3 is 10.6 Å². The predicted octanol–water partition coefficient (Wildman–Crippen LogP) is 0.358. The van der Waals surface area contributed by atoms with Gasteiger partial charge in [-0.3, -0.25) is 14.9 Å². The van der Waals surface area contributed by atoms with Crippen molar-refractivity contribution in [1.29, 1.82) is 0 Å². The zero-order valence-electron chi connectivity index (χ0n) is 12.8. The summed E-state index contributed by atoms with van der Waals surface area (Å²) in [6.07, 6.45) is 6.93. The van der Waals surface area contributed by atoms with Crippen LogP contribution < -0.4 is 11.1 Å². The molecule has 0 unspecified atom stereocenters. The van der Waals surface area contributed by atoms with E-state index < -0.39 is 0 Å². The average Bonchev–Trinajstić information content (AvgIpc) is 2.77. The predicted molar refractivity (Wildman–Crippen MR) is 82.0 cm³/mol. The summed E-state index contributed by atoms with van der Waals surface area (Å²) < 4.78 is 1.46. The van der Waals surface area contributed by atoms with E-state index in [0.717, 1.165) is 25.9 Å². The summed E-state index contributed by atoms with van der Waals surface area (Å²) >= 11 is 0. The van der Waals surface area contributed by atoms with Crippen LogP contribution in [0.3, 0.4) is 0 Å². The van der Waals surface area contributed by atoms with Gasteiger partial charge in [0, 0.05) is 19.5 Å². The third-order valence-electron chi connectivity index (χ3n) is 3.65. The van der Waals surface area contributed by atoms with Gasteiger partial charge in [-0.25, -0.2) is 9.67 Å². The van der Waals surface area contributed by atoms with Crippen LogP contribution in [-0.4, -0.2) is 51.1 Å². The van der Waals surface area contributed by atoms with E-state index in [9.17, 15) is 9.59 Å². The third kappa shape index (κ3) is 5.10. The molecule has 1 saturated heterocycles. The monoisotopic (exact) mass is 308 g/mol. The van der Waals surface area contributed by atoms with Gasteiger partial charge in [-0.05, 0) is 25.8 Å². The smallest absolute Gasteiger partial charge is 0.248 e. The summed E-state index contributed by atoms with van der Waals surface area (Å²) in [6.45, 7) is 2.26. The maximum atomic E-state index is 12.2. The fourth-order valence-corrected chi connectivity index (χ4v) is 2.44. The number of likely N-dealkylation sites (tertiary alicyclic amines) is 1. The average molecular weight is 308 g/mol. The number of aromatic nitrogens is 3. The van der Waals surface area contributed by atoms with Crippen LogP contribution in [0.15, 0.2) is 6.33 Å². The van der Waals surface area contributed by atoms with E-state index in [0.29, 0.717) is 19.4 Å². The Labute approximate surface area is 130 Å². The minimum absolute atomic E-state index is 0.0489. The van der Waals surface area contributed by atoms with Crippen molar-refractivity contribution < 1.29 is 9.59 Å². The largest absolute Gasteiger partial charge is 0.341 e. The molecule has 8 nitrogen and oxygen atoms in total. The first-order valence-electron chi connectivity index (χ1n) is 7.86. The number of nitrogens with zero attached hydrogens (tertiary/aromatic N) is 4. The Morgan fingerprint density at radius 1 is 1.23 bits per heavy atom. The maximum absolute atomic E-state index is 12.2. The molecule has 2 rings (SSSR count). The van der Waals surface area contributed by atoms with Crippen molar-refractivity contribution in [3.63, 3.8) is 0 Å². The van der Waals surface area contributed by atoms with Gasteiger partial charge in [-0.15, -0.1) is 5.10 Å². The Kier molecular flexibility index (Phi) is 6.32. The fraction of sp³-hybridized carbons (Fsp3) is 0.714. The van der Waals surface area contributed by atoms with Crippen molar-refractivity contribution >= 4 is 17.8 Å². The molecule has 0 radical (unpaired) electrons. The minimum atomic E-state index is -0.165. The molecule has 2 amide bonds. The van der Waals surface area contributed by atoms with Crippen LogP contribution in [-0.2, 0) is 16.1 Å². The highest BCUT2D eigenvalue weighted by atomic mass is 16.2. The molecule has 0 spiro atoms. The Bertz CT molecular complexity index is 493. The number of amides is 2. The standard InChI is InChI=1S/C14H24N6O2/c15-7-5-6-12(21)17-14-16-11-20(18-14)10-13(22)19-8-3-1-2-4-9-19/h11H,1-10,15H2,(H,17,18,21). The quantitative estimate of drug-likeness (QED) is 0.789. The molecule has 8 heteroatoms. The van der Waals surface area contributed by atoms with E-state index in [2.05, 4.69) is 15.4 Å². The van der Waals surface area contributed by atoms with Crippen LogP contribution in [0, 0.1) is 0 Å². The summed E-state index contributed by atoms with van der Waals surface area (Å²) in [5, 5.41) is 6.71. The zero-order chi connectivity index (χ0) is 15.8. The van der Waals surface area contributed by atoms with Crippen molar-refractivity contribution in [2.24, 2.45) is 5.73 Å². The molecular formula is C14H24N6O2. The van der Waals surface area contributed by atoms with Crippen LogP contribution in [0.4, 0.5) is 5.95 Å². The molecule has 2 heterocycles. The number of carbonyl (C=O) groups is 2. The third-order valence-corrected chi connectivity index (χ3v) is 3.65. The van der Waals surface area contributed by atoms with Crippen molar-refractivity contribution in [2.75, 3.05) is 25.0 Å². The normalized spacial score (nSPS) is 15.4. The molecular weight excluding hydrogens is 284 g/mol. The van der Waals surface area contributed by atoms with Crippen LogP contribution in [0.5, 0.6) is 0 Å². The van der Waals surface area contributed by atoms with E-state index in [1.165, 1.54) is 23.9 Å². The molecule has 0 aliphatic carbocycles. The lowest BCUT2D eigenvalue weighted by atomic mass is 10.2. The molecule has 1 aromatic heterocycles. The first-order valence-corrected chi connectivity index (χ1v) is 7.86. The van der Waals surface area contributed by atoms with Gasteiger partial charge in [0.2, 0.25) is 17.8 Å². The zero-order valence-corrected chi connectivity index (χ0v) is 12.8. The number of nitrogens with one attached hydrogen (secondary N) is 1. The van der Waals surface area contributed by atoms with Crippen molar-refractivity contribution in [1.82, 2.24) is 19.7 Å². The number of hydrogen-bond donors (Lipinski definition) is 2. The summed E-state index contributed by atoms with van der Waals surface area (Å²) in [6, 6.07) is 0. The van der Waals surface area contributed by atoms with E-state index in [1.54, 1.807) is 0 Å². The highest BCUT2D eigenvalue weighted by Gasteiger charge is 2.16. The molecule has 3 N–H and O–H groups in total. The summed E-state index contributed by atoms with van der Waals surface area (Å²) in [5.41, 5.74) is 5.35. The number of anilines is 1. The van der Waals surface area contributed by atoms with E-state index in [-0.39, 0.29) is 24.3 Å². The van der Waals surface area contributed by atoms with E-state index in [4.69, 9.17) is 5.73 Å². The number of nitrogens with two attached hydrogens (primary N) is 1. The molecule has 0 bridgehead atoms. The van der Waals surface area contributed by atoms with Gasteiger partial charge in [-0.1, -0.05) is 12.8 Å². The highest BCUT2D eigenvalue weighted by molar-refractivity contribution is 5.88. The summed E-state index contributed by atoms with van der Waals surface area (Å²) in [4.78, 5) is 29.7. The van der Waals surface area contributed by atoms with Gasteiger partial charge in [0.05, 0.1) is 0 Å². The Morgan fingerprint density at radius 3 is 2.64 bits per heavy atom. The summed E-state index contributed by atoms with van der Waals surface area (Å²) in [5.74, 6) is 0.112. The lowest BCUT2D eigenvalue weighted by Gasteiger charge is -2.19. The molecule has 1 fully saturated rings. The van der Waals surface area contributed by atoms with Crippen molar-refractivity contribution in [2.45, 2.75) is 45.1 Å². The fourth-order valence-electron chi connectivity index (χ4n) is 2.44. The molecule has 1 aliphatic rings. The number of carbonyl (C=O) groups excluding carboxylic acids is 2. The van der Waals surface area contributed by atoms with Crippen LogP contribution >= 0.6 is 0 Å². The SMILES string of the molecule is NCCCC(=O)Nc1ncn(CC(=O)N2CCCCCC2)n1. The van der Waals surface area contributed by atoms with Gasteiger partial charge in [0.1, 0.15) is 12.9 Å². The molecule has 0 atom stereocenters. The molecule has 0 saturated carbocycles. The summed E-state index contributed by atoms with van der Waals surface area (Å²) in [7, 11) is 0. The topological polar surface area (TPSA) is 106 Å². The Balaban J connectivity index is 1.83. The van der Waals surface area contributed by atoms with Crippen LogP contribution in [0.2, 0.25) is 0 Å². The highest BCUT2D eigenvalue weighted by Crippen LogP contribution is 2.10. The molecule has 1 aliphatic heterocycles. The second kappa shape index (κ2) is 8.47. The van der Waals surface area contributed by atoms with Gasteiger partial charge >= 0.3 is 0 Å². The number of hydrogen-bond acceptors (Lipinski definition) is 5. The molecule has 0 aromatic carbocycles. The molecule has 1 aromatic rings. The van der Waals surface area contributed by atoms with Gasteiger partial charge in [0.25, 0.3) is 0 Å².